The van der Waals surface area contributed by atoms with E-state index in [0.29, 0.717) is 6.04 Å². The number of hydrogen-bond donors (Lipinski definition) is 1. The first kappa shape index (κ1) is 15.1. The number of nitrogens with one attached hydrogen (secondary N) is 1. The van der Waals surface area contributed by atoms with Crippen LogP contribution >= 0.6 is 31.9 Å². The van der Waals surface area contributed by atoms with Gasteiger partial charge < -0.3 is 5.32 Å². The van der Waals surface area contributed by atoms with E-state index in [9.17, 15) is 0 Å². The van der Waals surface area contributed by atoms with Gasteiger partial charge in [-0.25, -0.2) is 0 Å². The molecule has 2 aromatic rings. The van der Waals surface area contributed by atoms with Crippen LogP contribution in [0.1, 0.15) is 37.2 Å². The Labute approximate surface area is 143 Å². The zero-order valence-electron chi connectivity index (χ0n) is 11.9. The molecule has 3 rings (SSSR count). The van der Waals surface area contributed by atoms with Crippen LogP contribution in [-0.2, 0) is 0 Å². The molecule has 110 valence electrons. The number of anilines is 1. The lowest BCUT2D eigenvalue weighted by Gasteiger charge is -2.30. The highest BCUT2D eigenvalue weighted by Crippen LogP contribution is 2.35. The minimum atomic E-state index is 0.579. The van der Waals surface area contributed by atoms with Gasteiger partial charge in [0.05, 0.1) is 0 Å². The van der Waals surface area contributed by atoms with Crippen LogP contribution in [0.15, 0.2) is 57.5 Å². The fourth-order valence-corrected chi connectivity index (χ4v) is 3.85. The Morgan fingerprint density at radius 2 is 1.57 bits per heavy atom. The Bertz CT molecular complexity index is 589. The molecule has 1 fully saturated rings. The molecule has 1 aliphatic rings. The second-order valence-corrected chi connectivity index (χ2v) is 7.50. The minimum Gasteiger partial charge on any atom is -0.381 e. The smallest absolute Gasteiger partial charge is 0.0498 e. The summed E-state index contributed by atoms with van der Waals surface area (Å²) in [5.74, 6) is 0.732. The van der Waals surface area contributed by atoms with Crippen LogP contribution in [0.2, 0.25) is 0 Å². The summed E-state index contributed by atoms with van der Waals surface area (Å²) in [5, 5.41) is 3.69. The maximum atomic E-state index is 3.69. The van der Waals surface area contributed by atoms with Gasteiger partial charge in [-0.15, -0.1) is 0 Å². The van der Waals surface area contributed by atoms with Crippen molar-refractivity contribution in [3.8, 4) is 0 Å². The second-order valence-electron chi connectivity index (χ2n) is 5.73. The van der Waals surface area contributed by atoms with E-state index in [0.717, 1.165) is 14.9 Å². The first-order chi connectivity index (χ1) is 10.2. The summed E-state index contributed by atoms with van der Waals surface area (Å²) >= 11 is 7.16. The molecule has 1 saturated carbocycles. The van der Waals surface area contributed by atoms with Gasteiger partial charge in [-0.1, -0.05) is 46.3 Å². The Morgan fingerprint density at radius 1 is 0.857 bits per heavy atom. The van der Waals surface area contributed by atoms with E-state index in [2.05, 4.69) is 85.7 Å². The van der Waals surface area contributed by atoms with Crippen LogP contribution in [0, 0.1) is 0 Å². The molecular formula is C18H19Br2N. The van der Waals surface area contributed by atoms with Gasteiger partial charge in [-0.3, -0.25) is 0 Å². The number of benzene rings is 2. The molecular weight excluding hydrogens is 390 g/mol. The van der Waals surface area contributed by atoms with E-state index in [1.54, 1.807) is 0 Å². The summed E-state index contributed by atoms with van der Waals surface area (Å²) in [7, 11) is 0. The molecule has 0 radical (unpaired) electrons. The summed E-state index contributed by atoms with van der Waals surface area (Å²) in [4.78, 5) is 0. The summed E-state index contributed by atoms with van der Waals surface area (Å²) in [6.07, 6.45) is 5.01. The normalized spacial score (nSPS) is 22.0. The largest absolute Gasteiger partial charge is 0.381 e. The van der Waals surface area contributed by atoms with Crippen LogP contribution in [0.5, 0.6) is 0 Å². The monoisotopic (exact) mass is 407 g/mol. The van der Waals surface area contributed by atoms with E-state index in [1.165, 1.54) is 36.9 Å². The molecule has 1 aliphatic carbocycles. The topological polar surface area (TPSA) is 12.0 Å². The molecule has 1 N–H and O–H groups in total. The maximum absolute atomic E-state index is 3.69. The van der Waals surface area contributed by atoms with Gasteiger partial charge in [0, 0.05) is 20.7 Å². The van der Waals surface area contributed by atoms with Crippen molar-refractivity contribution in [2.75, 3.05) is 5.32 Å². The molecule has 1 nitrogen and oxygen atoms in total. The molecule has 2 aromatic carbocycles. The van der Waals surface area contributed by atoms with Crippen LogP contribution in [-0.4, -0.2) is 6.04 Å². The molecule has 0 aromatic heterocycles. The molecule has 0 unspecified atom stereocenters. The molecule has 0 bridgehead atoms. The lowest BCUT2D eigenvalue weighted by molar-refractivity contribution is 0.412. The van der Waals surface area contributed by atoms with Gasteiger partial charge in [-0.05, 0) is 71.3 Å². The average Bonchev–Trinajstić information content (AvgIpc) is 2.53. The van der Waals surface area contributed by atoms with Crippen LogP contribution in [0.25, 0.3) is 0 Å². The molecule has 0 heterocycles. The SMILES string of the molecule is Brc1ccc(Br)c(NC2CCC(c3ccccc3)CC2)c1. The minimum absolute atomic E-state index is 0.579. The van der Waals surface area contributed by atoms with Crippen molar-refractivity contribution in [2.24, 2.45) is 0 Å². The number of rotatable bonds is 3. The number of halogens is 2. The van der Waals surface area contributed by atoms with E-state index < -0.39 is 0 Å². The first-order valence-electron chi connectivity index (χ1n) is 7.49. The zero-order chi connectivity index (χ0) is 14.7. The average molecular weight is 409 g/mol. The van der Waals surface area contributed by atoms with Crippen LogP contribution in [0.3, 0.4) is 0 Å². The highest BCUT2D eigenvalue weighted by molar-refractivity contribution is 9.11. The van der Waals surface area contributed by atoms with Crippen LogP contribution < -0.4 is 5.32 Å². The third kappa shape index (κ3) is 3.89. The summed E-state index contributed by atoms with van der Waals surface area (Å²) in [5.41, 5.74) is 2.69. The third-order valence-electron chi connectivity index (χ3n) is 4.29. The van der Waals surface area contributed by atoms with Crippen molar-refractivity contribution in [3.63, 3.8) is 0 Å². The molecule has 0 spiro atoms. The Kier molecular flexibility index (Phi) is 5.02. The molecule has 3 heteroatoms. The predicted octanol–water partition coefficient (Wildman–Crippen LogP) is 6.35. The Morgan fingerprint density at radius 3 is 2.29 bits per heavy atom. The molecule has 21 heavy (non-hydrogen) atoms. The molecule has 0 amide bonds. The summed E-state index contributed by atoms with van der Waals surface area (Å²) in [6.45, 7) is 0. The maximum Gasteiger partial charge on any atom is 0.0498 e. The van der Waals surface area contributed by atoms with Gasteiger partial charge in [0.2, 0.25) is 0 Å². The quantitative estimate of drug-likeness (QED) is 0.623. The van der Waals surface area contributed by atoms with E-state index >= 15 is 0 Å². The summed E-state index contributed by atoms with van der Waals surface area (Å²) < 4.78 is 2.25. The van der Waals surface area contributed by atoms with Gasteiger partial charge in [0.15, 0.2) is 0 Å². The first-order valence-corrected chi connectivity index (χ1v) is 9.07. The highest BCUT2D eigenvalue weighted by atomic mass is 79.9. The van der Waals surface area contributed by atoms with E-state index in [1.807, 2.05) is 0 Å². The van der Waals surface area contributed by atoms with Crippen molar-refractivity contribution in [1.82, 2.24) is 0 Å². The number of hydrogen-bond acceptors (Lipinski definition) is 1. The van der Waals surface area contributed by atoms with Crippen molar-refractivity contribution in [1.29, 1.82) is 0 Å². The predicted molar refractivity (Wildman–Crippen MR) is 96.9 cm³/mol. The standard InChI is InChI=1S/C18H19Br2N/c19-15-8-11-17(20)18(12-15)21-16-9-6-14(7-10-16)13-4-2-1-3-5-13/h1-5,8,11-12,14,16,21H,6-7,9-10H2. The van der Waals surface area contributed by atoms with Gasteiger partial charge >= 0.3 is 0 Å². The molecule has 0 saturated heterocycles. The van der Waals surface area contributed by atoms with Gasteiger partial charge in [0.25, 0.3) is 0 Å². The van der Waals surface area contributed by atoms with Crippen LogP contribution in [0.4, 0.5) is 5.69 Å². The van der Waals surface area contributed by atoms with Crippen molar-refractivity contribution < 1.29 is 0 Å². The highest BCUT2D eigenvalue weighted by Gasteiger charge is 2.22. The molecule has 0 aliphatic heterocycles. The van der Waals surface area contributed by atoms with E-state index in [-0.39, 0.29) is 0 Å². The van der Waals surface area contributed by atoms with Gasteiger partial charge in [-0.2, -0.15) is 0 Å². The lowest BCUT2D eigenvalue weighted by atomic mass is 9.82. The van der Waals surface area contributed by atoms with Crippen molar-refractivity contribution in [2.45, 2.75) is 37.6 Å². The zero-order valence-corrected chi connectivity index (χ0v) is 15.0. The Balaban J connectivity index is 1.60. The Hall–Kier alpha value is -0.800. The lowest BCUT2D eigenvalue weighted by Crippen LogP contribution is -2.25. The van der Waals surface area contributed by atoms with Gasteiger partial charge in [0.1, 0.15) is 0 Å². The van der Waals surface area contributed by atoms with E-state index in [4.69, 9.17) is 0 Å². The van der Waals surface area contributed by atoms with Crippen molar-refractivity contribution in [3.05, 3.63) is 63.0 Å². The van der Waals surface area contributed by atoms with Crippen molar-refractivity contribution >= 4 is 37.5 Å². The molecule has 0 atom stereocenters. The third-order valence-corrected chi connectivity index (χ3v) is 5.47. The second kappa shape index (κ2) is 6.97. The fourth-order valence-electron chi connectivity index (χ4n) is 3.12. The fraction of sp³-hybridized carbons (Fsp3) is 0.333. The summed E-state index contributed by atoms with van der Waals surface area (Å²) in [6, 6.07) is 17.8.